The average molecular weight is 420 g/mol. The molecule has 0 saturated carbocycles. The Bertz CT molecular complexity index is 798. The maximum atomic E-state index is 12.9. The Kier molecular flexibility index (Phi) is 7.52. The largest absolute Gasteiger partial charge is 0.496 e. The van der Waals surface area contributed by atoms with Gasteiger partial charge in [0.15, 0.2) is 0 Å². The number of methoxy groups -OCH3 is 1. The summed E-state index contributed by atoms with van der Waals surface area (Å²) in [5, 5.41) is 7.97. The van der Waals surface area contributed by atoms with E-state index in [1.165, 1.54) is 5.56 Å². The summed E-state index contributed by atoms with van der Waals surface area (Å²) in [7, 11) is 1.71. The predicted octanol–water partition coefficient (Wildman–Crippen LogP) is 2.20. The number of carbonyl (C=O) groups excluding carboxylic acids is 1. The first kappa shape index (κ1) is 21.6. The maximum absolute atomic E-state index is 12.9. The van der Waals surface area contributed by atoms with Gasteiger partial charge < -0.3 is 15.0 Å². The van der Waals surface area contributed by atoms with Crippen LogP contribution in [0.4, 0.5) is 0 Å². The molecule has 1 atom stereocenters. The highest BCUT2D eigenvalue weighted by molar-refractivity contribution is 5.92. The molecule has 0 radical (unpaired) electrons. The number of ether oxygens (including phenoxy) is 1. The Morgan fingerprint density at radius 2 is 2.00 bits per heavy atom. The van der Waals surface area contributed by atoms with Gasteiger partial charge in [0.25, 0.3) is 5.91 Å². The molecule has 29 heavy (non-hydrogen) atoms. The first-order valence-electron chi connectivity index (χ1n) is 10.1. The van der Waals surface area contributed by atoms with Crippen LogP contribution in [0.3, 0.4) is 0 Å². The molecule has 2 aliphatic heterocycles. The van der Waals surface area contributed by atoms with Crippen LogP contribution < -0.4 is 10.1 Å². The van der Waals surface area contributed by atoms with E-state index in [4.69, 9.17) is 4.74 Å². The molecule has 2 aliphatic rings. The van der Waals surface area contributed by atoms with Gasteiger partial charge in [-0.2, -0.15) is 5.10 Å². The molecule has 1 N–H and O–H groups in total. The first-order chi connectivity index (χ1) is 13.7. The minimum absolute atomic E-state index is 0. The van der Waals surface area contributed by atoms with Crippen molar-refractivity contribution in [2.45, 2.75) is 25.4 Å². The summed E-state index contributed by atoms with van der Waals surface area (Å²) in [5.74, 6) is 0.961. The lowest BCUT2D eigenvalue weighted by atomic mass is 10.1. The second kappa shape index (κ2) is 10.1. The fourth-order valence-electron chi connectivity index (χ4n) is 4.06. The van der Waals surface area contributed by atoms with Crippen molar-refractivity contribution in [2.24, 2.45) is 0 Å². The minimum Gasteiger partial charge on any atom is -0.496 e. The third-order valence-electron chi connectivity index (χ3n) is 5.72. The molecule has 1 aromatic heterocycles. The van der Waals surface area contributed by atoms with Crippen molar-refractivity contribution in [3.8, 4) is 5.75 Å². The lowest BCUT2D eigenvalue weighted by molar-refractivity contribution is 0.0620. The number of halogens is 1. The van der Waals surface area contributed by atoms with Gasteiger partial charge in [0.2, 0.25) is 0 Å². The van der Waals surface area contributed by atoms with Crippen molar-refractivity contribution in [3.63, 3.8) is 0 Å². The third-order valence-corrected chi connectivity index (χ3v) is 5.72. The molecule has 0 spiro atoms. The quantitative estimate of drug-likeness (QED) is 0.804. The summed E-state index contributed by atoms with van der Waals surface area (Å²) in [6, 6.07) is 10.3. The molecule has 3 heterocycles. The number of rotatable bonds is 5. The number of para-hydroxylation sites is 1. The van der Waals surface area contributed by atoms with Crippen molar-refractivity contribution >= 4 is 18.3 Å². The molecule has 0 aliphatic carbocycles. The van der Waals surface area contributed by atoms with Crippen LogP contribution in [0.1, 0.15) is 34.9 Å². The van der Waals surface area contributed by atoms with Crippen molar-refractivity contribution < 1.29 is 9.53 Å². The van der Waals surface area contributed by atoms with Crippen molar-refractivity contribution in [1.29, 1.82) is 0 Å². The third kappa shape index (κ3) is 5.10. The fraction of sp³-hybridized carbons (Fsp3) is 0.524. The zero-order valence-electron chi connectivity index (χ0n) is 16.9. The number of benzene rings is 1. The standard InChI is InChI=1S/C21H29N5O2.ClH/c1-28-20-7-3-2-5-17(20)16-24-11-13-25(14-12-24)21(27)19-8-10-26(23-19)18-6-4-9-22-15-18;/h2-3,5,7-8,10,18,22H,4,6,9,11-16H2,1H3;1H. The van der Waals surface area contributed by atoms with Crippen molar-refractivity contribution in [3.05, 3.63) is 47.8 Å². The number of aromatic nitrogens is 2. The maximum Gasteiger partial charge on any atom is 0.274 e. The number of amides is 1. The van der Waals surface area contributed by atoms with E-state index in [1.807, 2.05) is 40.0 Å². The molecule has 8 heteroatoms. The Morgan fingerprint density at radius 3 is 2.72 bits per heavy atom. The molecule has 2 saturated heterocycles. The fourth-order valence-corrected chi connectivity index (χ4v) is 4.06. The molecule has 7 nitrogen and oxygen atoms in total. The molecule has 1 amide bonds. The monoisotopic (exact) mass is 419 g/mol. The van der Waals surface area contributed by atoms with E-state index in [2.05, 4.69) is 21.4 Å². The highest BCUT2D eigenvalue weighted by Gasteiger charge is 2.25. The van der Waals surface area contributed by atoms with Gasteiger partial charge in [-0.1, -0.05) is 18.2 Å². The molecule has 1 unspecified atom stereocenters. The Labute approximate surface area is 178 Å². The van der Waals surface area contributed by atoms with E-state index >= 15 is 0 Å². The zero-order chi connectivity index (χ0) is 19.3. The van der Waals surface area contributed by atoms with Gasteiger partial charge in [0, 0.05) is 51.0 Å². The van der Waals surface area contributed by atoms with Gasteiger partial charge in [-0.25, -0.2) is 0 Å². The number of piperazine rings is 1. The number of piperidine rings is 1. The molecular weight excluding hydrogens is 390 g/mol. The average Bonchev–Trinajstić information content (AvgIpc) is 3.25. The summed E-state index contributed by atoms with van der Waals surface area (Å²) in [4.78, 5) is 17.1. The van der Waals surface area contributed by atoms with E-state index < -0.39 is 0 Å². The molecule has 1 aromatic carbocycles. The van der Waals surface area contributed by atoms with Crippen LogP contribution in [0, 0.1) is 0 Å². The highest BCUT2D eigenvalue weighted by Crippen LogP contribution is 2.20. The van der Waals surface area contributed by atoms with Gasteiger partial charge in [-0.15, -0.1) is 12.4 Å². The van der Waals surface area contributed by atoms with Crippen LogP contribution >= 0.6 is 12.4 Å². The summed E-state index contributed by atoms with van der Waals surface area (Å²) < 4.78 is 7.41. The second-order valence-corrected chi connectivity index (χ2v) is 7.56. The molecular formula is C21H30ClN5O2. The van der Waals surface area contributed by atoms with Crippen LogP contribution in [0.15, 0.2) is 36.5 Å². The minimum atomic E-state index is 0. The zero-order valence-corrected chi connectivity index (χ0v) is 17.7. The smallest absolute Gasteiger partial charge is 0.274 e. The molecule has 158 valence electrons. The SMILES string of the molecule is COc1ccccc1CN1CCN(C(=O)c2ccn(C3CCCNC3)n2)CC1.Cl. The van der Waals surface area contributed by atoms with Crippen LogP contribution in [0.2, 0.25) is 0 Å². The van der Waals surface area contributed by atoms with Gasteiger partial charge in [0.05, 0.1) is 13.2 Å². The lowest BCUT2D eigenvalue weighted by Crippen LogP contribution is -2.48. The molecule has 2 aromatic rings. The van der Waals surface area contributed by atoms with E-state index in [-0.39, 0.29) is 18.3 Å². The second-order valence-electron chi connectivity index (χ2n) is 7.56. The van der Waals surface area contributed by atoms with Gasteiger partial charge >= 0.3 is 0 Å². The number of hydrogen-bond donors (Lipinski definition) is 1. The van der Waals surface area contributed by atoms with Gasteiger partial charge in [-0.3, -0.25) is 14.4 Å². The van der Waals surface area contributed by atoms with Crippen LogP contribution in [0.5, 0.6) is 5.75 Å². The van der Waals surface area contributed by atoms with E-state index in [0.717, 1.165) is 64.4 Å². The molecule has 0 bridgehead atoms. The Morgan fingerprint density at radius 1 is 1.21 bits per heavy atom. The van der Waals surface area contributed by atoms with Gasteiger partial charge in [-0.05, 0) is 31.5 Å². The topological polar surface area (TPSA) is 62.6 Å². The van der Waals surface area contributed by atoms with Gasteiger partial charge in [0.1, 0.15) is 11.4 Å². The summed E-state index contributed by atoms with van der Waals surface area (Å²) in [6.07, 6.45) is 4.22. The number of nitrogens with zero attached hydrogens (tertiary/aromatic N) is 4. The van der Waals surface area contributed by atoms with Crippen LogP contribution in [-0.4, -0.2) is 71.9 Å². The first-order valence-corrected chi connectivity index (χ1v) is 10.1. The predicted molar refractivity (Wildman–Crippen MR) is 115 cm³/mol. The van der Waals surface area contributed by atoms with Crippen molar-refractivity contribution in [2.75, 3.05) is 46.4 Å². The molecule has 2 fully saturated rings. The number of nitrogens with one attached hydrogen (secondary N) is 1. The normalized spacial score (nSPS) is 20.2. The highest BCUT2D eigenvalue weighted by atomic mass is 35.5. The summed E-state index contributed by atoms with van der Waals surface area (Å²) in [5.41, 5.74) is 1.74. The summed E-state index contributed by atoms with van der Waals surface area (Å²) in [6.45, 7) is 6.01. The van der Waals surface area contributed by atoms with Crippen LogP contribution in [0.25, 0.3) is 0 Å². The van der Waals surface area contributed by atoms with E-state index in [1.54, 1.807) is 7.11 Å². The van der Waals surface area contributed by atoms with Crippen molar-refractivity contribution in [1.82, 2.24) is 24.9 Å². The lowest BCUT2D eigenvalue weighted by Gasteiger charge is -2.34. The Balaban J connectivity index is 0.00000240. The van der Waals surface area contributed by atoms with Crippen LogP contribution in [-0.2, 0) is 6.54 Å². The summed E-state index contributed by atoms with van der Waals surface area (Å²) >= 11 is 0. The number of carbonyl (C=O) groups is 1. The molecule has 4 rings (SSSR count). The Hall–Kier alpha value is -2.09. The number of hydrogen-bond acceptors (Lipinski definition) is 5. The van der Waals surface area contributed by atoms with E-state index in [0.29, 0.717) is 11.7 Å². The van der Waals surface area contributed by atoms with E-state index in [9.17, 15) is 4.79 Å².